The Morgan fingerprint density at radius 2 is 2.31 bits per heavy atom. The van der Waals surface area contributed by atoms with Gasteiger partial charge in [-0.15, -0.1) is 0 Å². The Morgan fingerprint density at radius 1 is 1.54 bits per heavy atom. The Morgan fingerprint density at radius 3 is 2.85 bits per heavy atom. The van der Waals surface area contributed by atoms with Gasteiger partial charge in [-0.3, -0.25) is 0 Å². The Kier molecular flexibility index (Phi) is 3.52. The molecule has 74 valence electrons. The van der Waals surface area contributed by atoms with E-state index in [0.29, 0.717) is 0 Å². The first-order valence-corrected chi connectivity index (χ1v) is 4.97. The number of hydrogen-bond acceptors (Lipinski definition) is 2. The molecular formula is C11H19NO. The Labute approximate surface area is 80.7 Å². The molecular weight excluding hydrogens is 162 g/mol. The van der Waals surface area contributed by atoms with Crippen molar-refractivity contribution in [2.45, 2.75) is 45.6 Å². The highest BCUT2D eigenvalue weighted by Crippen LogP contribution is 2.19. The average molecular weight is 181 g/mol. The Balaban J connectivity index is 2.23. The minimum absolute atomic E-state index is 0.00985. The minimum atomic E-state index is 0.00985. The van der Waals surface area contributed by atoms with Crippen molar-refractivity contribution in [1.29, 1.82) is 0 Å². The van der Waals surface area contributed by atoms with Crippen LogP contribution >= 0.6 is 0 Å². The van der Waals surface area contributed by atoms with Gasteiger partial charge in [0, 0.05) is 6.42 Å². The highest BCUT2D eigenvalue weighted by molar-refractivity contribution is 5.78. The summed E-state index contributed by atoms with van der Waals surface area (Å²) >= 11 is 0. The zero-order valence-corrected chi connectivity index (χ0v) is 8.84. The first-order valence-electron chi connectivity index (χ1n) is 4.97. The average Bonchev–Trinajstić information content (AvgIpc) is 2.40. The van der Waals surface area contributed by atoms with Crippen LogP contribution in [0, 0.1) is 0 Å². The first-order chi connectivity index (χ1) is 6.14. The lowest BCUT2D eigenvalue weighted by molar-refractivity contribution is 0.273. The Bertz CT molecular complexity index is 216. The number of nitrogens with zero attached hydrogens (tertiary/aromatic N) is 1. The molecule has 0 unspecified atom stereocenters. The van der Waals surface area contributed by atoms with Gasteiger partial charge in [0.2, 0.25) is 0 Å². The van der Waals surface area contributed by atoms with Crippen LogP contribution in [-0.4, -0.2) is 18.0 Å². The molecule has 0 radical (unpaired) electrons. The summed E-state index contributed by atoms with van der Waals surface area (Å²) in [6, 6.07) is 0. The van der Waals surface area contributed by atoms with Crippen LogP contribution in [0.3, 0.4) is 0 Å². The maximum absolute atomic E-state index is 5.47. The zero-order chi connectivity index (χ0) is 9.73. The van der Waals surface area contributed by atoms with Gasteiger partial charge in [0.1, 0.15) is 6.61 Å². The maximum atomic E-state index is 5.47. The van der Waals surface area contributed by atoms with Gasteiger partial charge in [-0.25, -0.2) is 4.99 Å². The van der Waals surface area contributed by atoms with Crippen LogP contribution in [0.25, 0.3) is 0 Å². The second kappa shape index (κ2) is 4.45. The van der Waals surface area contributed by atoms with Crippen molar-refractivity contribution in [3.63, 3.8) is 0 Å². The van der Waals surface area contributed by atoms with Crippen molar-refractivity contribution >= 4 is 5.90 Å². The van der Waals surface area contributed by atoms with Crippen molar-refractivity contribution < 1.29 is 4.74 Å². The fourth-order valence-corrected chi connectivity index (χ4v) is 1.33. The maximum Gasteiger partial charge on any atom is 0.183 e. The highest BCUT2D eigenvalue weighted by atomic mass is 16.5. The molecule has 1 aliphatic rings. The number of rotatable bonds is 4. The van der Waals surface area contributed by atoms with Crippen molar-refractivity contribution in [3.05, 3.63) is 12.2 Å². The second-order valence-electron chi connectivity index (χ2n) is 4.07. The molecule has 0 bridgehead atoms. The molecule has 0 amide bonds. The van der Waals surface area contributed by atoms with Gasteiger partial charge < -0.3 is 4.74 Å². The molecule has 1 heterocycles. The van der Waals surface area contributed by atoms with E-state index in [1.54, 1.807) is 0 Å². The van der Waals surface area contributed by atoms with Gasteiger partial charge in [-0.1, -0.05) is 12.2 Å². The minimum Gasteiger partial charge on any atom is -0.478 e. The largest absolute Gasteiger partial charge is 0.478 e. The topological polar surface area (TPSA) is 21.6 Å². The van der Waals surface area contributed by atoms with E-state index in [4.69, 9.17) is 4.74 Å². The molecule has 0 saturated heterocycles. The van der Waals surface area contributed by atoms with E-state index < -0.39 is 0 Å². The van der Waals surface area contributed by atoms with E-state index in [2.05, 4.69) is 31.0 Å². The lowest BCUT2D eigenvalue weighted by atomic mass is 10.1. The van der Waals surface area contributed by atoms with Crippen LogP contribution in [0.1, 0.15) is 40.0 Å². The van der Waals surface area contributed by atoms with Crippen molar-refractivity contribution in [2.75, 3.05) is 6.61 Å². The van der Waals surface area contributed by atoms with Gasteiger partial charge in [0.25, 0.3) is 0 Å². The van der Waals surface area contributed by atoms with Crippen molar-refractivity contribution in [1.82, 2.24) is 0 Å². The highest BCUT2D eigenvalue weighted by Gasteiger charge is 2.25. The standard InChI is InChI=1S/C11H19NO/c1-4-5-6-7-8-10-12-11(2,3)9-13-10/h4-5H,6-9H2,1-3H3/b5-4+. The quantitative estimate of drug-likeness (QED) is 0.482. The summed E-state index contributed by atoms with van der Waals surface area (Å²) in [7, 11) is 0. The summed E-state index contributed by atoms with van der Waals surface area (Å²) in [6.45, 7) is 7.00. The molecule has 2 heteroatoms. The van der Waals surface area contributed by atoms with E-state index in [1.807, 2.05) is 6.92 Å². The molecule has 0 N–H and O–H groups in total. The van der Waals surface area contributed by atoms with Crippen LogP contribution in [0.15, 0.2) is 17.1 Å². The van der Waals surface area contributed by atoms with E-state index in [-0.39, 0.29) is 5.54 Å². The third-order valence-electron chi connectivity index (χ3n) is 2.02. The molecule has 0 aromatic heterocycles. The zero-order valence-electron chi connectivity index (χ0n) is 8.84. The number of hydrogen-bond donors (Lipinski definition) is 0. The summed E-state index contributed by atoms with van der Waals surface area (Å²) in [5.74, 6) is 0.939. The lowest BCUT2D eigenvalue weighted by Crippen LogP contribution is -2.17. The second-order valence-corrected chi connectivity index (χ2v) is 4.07. The number of ether oxygens (including phenoxy) is 1. The van der Waals surface area contributed by atoms with Crippen LogP contribution in [0.2, 0.25) is 0 Å². The molecule has 0 fully saturated rings. The molecule has 0 saturated carbocycles. The van der Waals surface area contributed by atoms with Gasteiger partial charge in [-0.05, 0) is 33.6 Å². The molecule has 0 aromatic carbocycles. The molecule has 1 aliphatic heterocycles. The third-order valence-corrected chi connectivity index (χ3v) is 2.02. The van der Waals surface area contributed by atoms with E-state index in [1.165, 1.54) is 0 Å². The number of allylic oxidation sites excluding steroid dienone is 2. The smallest absolute Gasteiger partial charge is 0.183 e. The van der Waals surface area contributed by atoms with E-state index in [0.717, 1.165) is 31.8 Å². The van der Waals surface area contributed by atoms with Crippen LogP contribution in [0.4, 0.5) is 0 Å². The van der Waals surface area contributed by atoms with Crippen molar-refractivity contribution in [2.24, 2.45) is 4.99 Å². The third kappa shape index (κ3) is 3.62. The fourth-order valence-electron chi connectivity index (χ4n) is 1.33. The molecule has 0 aromatic rings. The molecule has 0 aliphatic carbocycles. The van der Waals surface area contributed by atoms with Gasteiger partial charge >= 0.3 is 0 Å². The van der Waals surface area contributed by atoms with Crippen LogP contribution < -0.4 is 0 Å². The summed E-state index contributed by atoms with van der Waals surface area (Å²) in [5, 5.41) is 0. The summed E-state index contributed by atoms with van der Waals surface area (Å²) in [6.07, 6.45) is 7.51. The van der Waals surface area contributed by atoms with Crippen LogP contribution in [0.5, 0.6) is 0 Å². The summed E-state index contributed by atoms with van der Waals surface area (Å²) < 4.78 is 5.47. The van der Waals surface area contributed by atoms with Crippen molar-refractivity contribution in [3.8, 4) is 0 Å². The molecule has 2 nitrogen and oxygen atoms in total. The predicted octanol–water partition coefficient (Wildman–Crippen LogP) is 2.94. The van der Waals surface area contributed by atoms with Crippen LogP contribution in [-0.2, 0) is 4.74 Å². The summed E-state index contributed by atoms with van der Waals surface area (Å²) in [5.41, 5.74) is 0.00985. The number of aliphatic imine (C=N–C) groups is 1. The van der Waals surface area contributed by atoms with Gasteiger partial charge in [-0.2, -0.15) is 0 Å². The molecule has 1 rings (SSSR count). The molecule has 13 heavy (non-hydrogen) atoms. The first kappa shape index (κ1) is 10.3. The van der Waals surface area contributed by atoms with Gasteiger partial charge in [0.15, 0.2) is 5.90 Å². The molecule has 0 spiro atoms. The SMILES string of the molecule is C/C=C/CCCC1=NC(C)(C)CO1. The fraction of sp³-hybridized carbons (Fsp3) is 0.727. The lowest BCUT2D eigenvalue weighted by Gasteiger charge is -2.07. The monoisotopic (exact) mass is 181 g/mol. The number of unbranched alkanes of at least 4 members (excludes halogenated alkanes) is 1. The summed E-state index contributed by atoms with van der Waals surface area (Å²) in [4.78, 5) is 4.49. The Hall–Kier alpha value is -0.790. The van der Waals surface area contributed by atoms with E-state index in [9.17, 15) is 0 Å². The van der Waals surface area contributed by atoms with Gasteiger partial charge in [0.05, 0.1) is 5.54 Å². The predicted molar refractivity (Wildman–Crippen MR) is 56.1 cm³/mol. The molecule has 0 atom stereocenters. The normalized spacial score (nSPS) is 20.4. The van der Waals surface area contributed by atoms with E-state index >= 15 is 0 Å².